The number of rotatable bonds is 8. The lowest BCUT2D eigenvalue weighted by atomic mass is 10.1. The number of hydrogen-bond donors (Lipinski definition) is 0. The summed E-state index contributed by atoms with van der Waals surface area (Å²) in [4.78, 5) is 12.0. The number of hydrogen-bond acceptors (Lipinski definition) is 5. The highest BCUT2D eigenvalue weighted by Gasteiger charge is 2.40. The van der Waals surface area contributed by atoms with Crippen LogP contribution in [0.4, 0.5) is 0 Å². The zero-order valence-electron chi connectivity index (χ0n) is 10.1. The molecule has 0 aromatic carbocycles. The van der Waals surface area contributed by atoms with Gasteiger partial charge in [-0.15, -0.1) is 11.8 Å². The summed E-state index contributed by atoms with van der Waals surface area (Å²) in [6.07, 6.45) is 8.50. The normalized spacial score (nSPS) is 23.9. The van der Waals surface area contributed by atoms with Crippen molar-refractivity contribution in [3.8, 4) is 0 Å². The molecule has 0 spiro atoms. The lowest BCUT2D eigenvalue weighted by Gasteiger charge is -2.18. The molecule has 0 radical (unpaired) electrons. The Morgan fingerprint density at radius 1 is 1.38 bits per heavy atom. The fourth-order valence-corrected chi connectivity index (χ4v) is 3.43. The smallest absolute Gasteiger partial charge is 0.232 e. The first kappa shape index (κ1) is 14.0. The van der Waals surface area contributed by atoms with Crippen molar-refractivity contribution in [2.24, 2.45) is 10.2 Å². The maximum atomic E-state index is 12.0. The second kappa shape index (κ2) is 7.33. The van der Waals surface area contributed by atoms with E-state index in [9.17, 15) is 4.79 Å². The molecule has 0 saturated heterocycles. The summed E-state index contributed by atoms with van der Waals surface area (Å²) >= 11 is 3.06. The van der Waals surface area contributed by atoms with Gasteiger partial charge in [0.1, 0.15) is 5.88 Å². The molecule has 3 nitrogen and oxygen atoms in total. The minimum Gasteiger partial charge on any atom is -0.295 e. The van der Waals surface area contributed by atoms with Gasteiger partial charge >= 0.3 is 0 Å². The maximum Gasteiger partial charge on any atom is 0.232 e. The molecule has 1 atom stereocenters. The third-order valence-corrected chi connectivity index (χ3v) is 5.32. The number of unbranched alkanes of at least 4 members (excludes halogenated alkanes) is 4. The van der Waals surface area contributed by atoms with Crippen molar-refractivity contribution in [2.45, 2.75) is 49.7 Å². The molecule has 1 aliphatic rings. The lowest BCUT2D eigenvalue weighted by molar-refractivity contribution is -0.119. The van der Waals surface area contributed by atoms with Gasteiger partial charge in [0, 0.05) is 6.42 Å². The number of nitrogens with zero attached hydrogens (tertiary/aromatic N) is 2. The molecule has 0 saturated carbocycles. The molecular formula is C11H20N2OS2. The zero-order chi connectivity index (χ0) is 11.9. The van der Waals surface area contributed by atoms with Crippen molar-refractivity contribution in [2.75, 3.05) is 12.1 Å². The molecule has 92 valence electrons. The highest BCUT2D eigenvalue weighted by atomic mass is 32.2. The molecule has 5 heteroatoms. The summed E-state index contributed by atoms with van der Waals surface area (Å²) in [7, 11) is 0. The Balaban J connectivity index is 2.26. The van der Waals surface area contributed by atoms with Crippen molar-refractivity contribution in [3.05, 3.63) is 0 Å². The Hall–Kier alpha value is -0.0300. The van der Waals surface area contributed by atoms with Crippen LogP contribution >= 0.6 is 23.5 Å². The Morgan fingerprint density at radius 2 is 2.12 bits per heavy atom. The van der Waals surface area contributed by atoms with Crippen LogP contribution < -0.4 is 0 Å². The molecule has 1 aliphatic heterocycles. The minimum atomic E-state index is -0.606. The summed E-state index contributed by atoms with van der Waals surface area (Å²) in [6.45, 7) is 2.20. The van der Waals surface area contributed by atoms with Gasteiger partial charge in [0.2, 0.25) is 4.20 Å². The van der Waals surface area contributed by atoms with Crippen molar-refractivity contribution in [1.29, 1.82) is 0 Å². The zero-order valence-corrected chi connectivity index (χ0v) is 11.7. The molecule has 1 unspecified atom stereocenters. The molecule has 1 heterocycles. The predicted octanol–water partition coefficient (Wildman–Crippen LogP) is 4.09. The van der Waals surface area contributed by atoms with Gasteiger partial charge < -0.3 is 0 Å². The predicted molar refractivity (Wildman–Crippen MR) is 71.9 cm³/mol. The quantitative estimate of drug-likeness (QED) is 0.617. The first-order valence-corrected chi connectivity index (χ1v) is 8.07. The van der Waals surface area contributed by atoms with Gasteiger partial charge in [-0.05, 0) is 12.7 Å². The fraction of sp³-hybridized carbons (Fsp3) is 0.909. The number of azo groups is 1. The van der Waals surface area contributed by atoms with Crippen LogP contribution in [-0.4, -0.2) is 22.1 Å². The van der Waals surface area contributed by atoms with E-state index in [1.54, 1.807) is 11.8 Å². The number of Topliss-reactive ketones (excluding diaryl/α,β-unsaturated/α-hetero) is 1. The molecule has 0 amide bonds. The summed E-state index contributed by atoms with van der Waals surface area (Å²) in [5.74, 6) is 0.866. The monoisotopic (exact) mass is 260 g/mol. The number of carbonyl (C=O) groups excluding carboxylic acids is 1. The van der Waals surface area contributed by atoms with Gasteiger partial charge in [-0.2, -0.15) is 10.2 Å². The molecule has 0 aromatic rings. The molecule has 0 bridgehead atoms. The van der Waals surface area contributed by atoms with E-state index in [1.165, 1.54) is 31.0 Å². The van der Waals surface area contributed by atoms with Gasteiger partial charge in [0.05, 0.1) is 0 Å². The highest BCUT2D eigenvalue weighted by molar-refractivity contribution is 8.19. The number of carbonyl (C=O) groups is 1. The highest BCUT2D eigenvalue weighted by Crippen LogP contribution is 2.43. The van der Waals surface area contributed by atoms with E-state index in [2.05, 4.69) is 17.2 Å². The Bertz CT molecular complexity index is 258. The second-order valence-electron chi connectivity index (χ2n) is 3.89. The minimum absolute atomic E-state index is 0.239. The molecule has 0 N–H and O–H groups in total. The van der Waals surface area contributed by atoms with E-state index in [0.717, 1.165) is 12.8 Å². The third-order valence-electron chi connectivity index (χ3n) is 2.66. The second-order valence-corrected chi connectivity index (χ2v) is 6.28. The van der Waals surface area contributed by atoms with E-state index in [-0.39, 0.29) is 5.78 Å². The van der Waals surface area contributed by atoms with Gasteiger partial charge in [0.25, 0.3) is 0 Å². The SMILES string of the molecule is CCCCCCCC(=O)C1(SC)N=NCS1. The molecular weight excluding hydrogens is 240 g/mol. The van der Waals surface area contributed by atoms with Gasteiger partial charge in [-0.25, -0.2) is 0 Å². The largest absolute Gasteiger partial charge is 0.295 e. The van der Waals surface area contributed by atoms with E-state index >= 15 is 0 Å². The topological polar surface area (TPSA) is 41.8 Å². The van der Waals surface area contributed by atoms with E-state index in [1.807, 2.05) is 6.26 Å². The van der Waals surface area contributed by atoms with Crippen LogP contribution in [0.5, 0.6) is 0 Å². The van der Waals surface area contributed by atoms with Crippen LogP contribution in [0.3, 0.4) is 0 Å². The third kappa shape index (κ3) is 3.77. The average molecular weight is 260 g/mol. The maximum absolute atomic E-state index is 12.0. The summed E-state index contributed by atoms with van der Waals surface area (Å²) in [5, 5.41) is 8.03. The van der Waals surface area contributed by atoms with E-state index in [4.69, 9.17) is 0 Å². The van der Waals surface area contributed by atoms with Crippen LogP contribution in [-0.2, 0) is 4.79 Å². The Morgan fingerprint density at radius 3 is 2.69 bits per heavy atom. The molecule has 0 aliphatic carbocycles. The van der Waals surface area contributed by atoms with Crippen LogP contribution in [0.1, 0.15) is 45.4 Å². The Kier molecular flexibility index (Phi) is 6.43. The van der Waals surface area contributed by atoms with Crippen molar-refractivity contribution < 1.29 is 4.79 Å². The summed E-state index contributed by atoms with van der Waals surface area (Å²) in [5.41, 5.74) is 0. The lowest BCUT2D eigenvalue weighted by Crippen LogP contribution is -2.26. The summed E-state index contributed by atoms with van der Waals surface area (Å²) in [6, 6.07) is 0. The molecule has 0 fully saturated rings. The Labute approximate surface area is 106 Å². The number of ketones is 1. The van der Waals surface area contributed by atoms with Gasteiger partial charge in [0.15, 0.2) is 5.78 Å². The van der Waals surface area contributed by atoms with Crippen molar-refractivity contribution in [1.82, 2.24) is 0 Å². The first-order chi connectivity index (χ1) is 7.75. The van der Waals surface area contributed by atoms with Crippen LogP contribution in [0.25, 0.3) is 0 Å². The van der Waals surface area contributed by atoms with Gasteiger partial charge in [-0.3, -0.25) is 4.79 Å². The van der Waals surface area contributed by atoms with Crippen molar-refractivity contribution in [3.63, 3.8) is 0 Å². The molecule has 1 rings (SSSR count). The standard InChI is InChI=1S/C11H20N2OS2/c1-3-4-5-6-7-8-10(14)11(15-2)13-12-9-16-11/h3-9H2,1-2H3. The van der Waals surface area contributed by atoms with Crippen LogP contribution in [0, 0.1) is 0 Å². The first-order valence-electron chi connectivity index (χ1n) is 5.86. The number of thioether (sulfide) groups is 2. The fourth-order valence-electron chi connectivity index (χ4n) is 1.66. The van der Waals surface area contributed by atoms with Crippen LogP contribution in [0.15, 0.2) is 10.2 Å². The average Bonchev–Trinajstić information content (AvgIpc) is 2.78. The van der Waals surface area contributed by atoms with Crippen molar-refractivity contribution >= 4 is 29.3 Å². The summed E-state index contributed by atoms with van der Waals surface area (Å²) < 4.78 is -0.606. The van der Waals surface area contributed by atoms with Crippen LogP contribution in [0.2, 0.25) is 0 Å². The van der Waals surface area contributed by atoms with Gasteiger partial charge in [-0.1, -0.05) is 44.4 Å². The molecule has 16 heavy (non-hydrogen) atoms. The molecule has 0 aromatic heterocycles. The van der Waals surface area contributed by atoms with E-state index < -0.39 is 4.20 Å². The van der Waals surface area contributed by atoms with E-state index in [0.29, 0.717) is 12.3 Å².